The van der Waals surface area contributed by atoms with Gasteiger partial charge in [-0.1, -0.05) is 0 Å². The molecule has 0 aliphatic heterocycles. The molecule has 0 aliphatic rings. The molecule has 1 amide bonds. The monoisotopic (exact) mass is 252 g/mol. The van der Waals surface area contributed by atoms with Gasteiger partial charge in [-0.05, 0) is 6.07 Å². The highest BCUT2D eigenvalue weighted by Gasteiger charge is 2.12. The third-order valence-electron chi connectivity index (χ3n) is 2.18. The summed E-state index contributed by atoms with van der Waals surface area (Å²) in [7, 11) is 3.14. The molecule has 0 unspecified atom stereocenters. The summed E-state index contributed by atoms with van der Waals surface area (Å²) in [6, 6.07) is 3.61. The molecule has 1 aromatic rings. The van der Waals surface area contributed by atoms with Gasteiger partial charge in [0.15, 0.2) is 12.9 Å². The standard InChI is InChI=1S/C11H12N2O5/c1-12(2)11(15)7-18-10-4-3-9(13(16)17)5-8(10)6-14/h3-6H,7H2,1-2H3. The number of aldehydes is 1. The Balaban J connectivity index is 2.86. The molecule has 0 saturated carbocycles. The van der Waals surface area contributed by atoms with Crippen molar-refractivity contribution in [3.8, 4) is 5.75 Å². The predicted molar refractivity (Wildman–Crippen MR) is 62.7 cm³/mol. The number of nitrogens with zero attached hydrogens (tertiary/aromatic N) is 2. The summed E-state index contributed by atoms with van der Waals surface area (Å²) in [5, 5.41) is 10.5. The van der Waals surface area contributed by atoms with Gasteiger partial charge in [0.1, 0.15) is 5.75 Å². The van der Waals surface area contributed by atoms with Crippen molar-refractivity contribution in [1.29, 1.82) is 0 Å². The maximum Gasteiger partial charge on any atom is 0.270 e. The van der Waals surface area contributed by atoms with E-state index in [0.29, 0.717) is 6.29 Å². The number of hydrogen-bond donors (Lipinski definition) is 0. The first-order valence-corrected chi connectivity index (χ1v) is 5.02. The quantitative estimate of drug-likeness (QED) is 0.440. The number of nitro benzene ring substituents is 1. The summed E-state index contributed by atoms with van der Waals surface area (Å²) < 4.78 is 5.14. The van der Waals surface area contributed by atoms with Crippen molar-refractivity contribution < 1.29 is 19.2 Å². The van der Waals surface area contributed by atoms with E-state index in [-0.39, 0.29) is 29.5 Å². The normalized spacial score (nSPS) is 9.67. The number of benzene rings is 1. The topological polar surface area (TPSA) is 89.8 Å². The molecule has 1 rings (SSSR count). The SMILES string of the molecule is CN(C)C(=O)COc1ccc([N+](=O)[O-])cc1C=O. The highest BCUT2D eigenvalue weighted by atomic mass is 16.6. The van der Waals surface area contributed by atoms with Gasteiger partial charge in [-0.15, -0.1) is 0 Å². The number of amides is 1. The zero-order valence-corrected chi connectivity index (χ0v) is 9.95. The van der Waals surface area contributed by atoms with Gasteiger partial charge in [0, 0.05) is 26.2 Å². The molecule has 0 saturated heterocycles. The van der Waals surface area contributed by atoms with Gasteiger partial charge in [0.2, 0.25) is 0 Å². The minimum absolute atomic E-state index is 0.0377. The molecule has 96 valence electrons. The first kappa shape index (κ1) is 13.6. The third kappa shape index (κ3) is 3.27. The molecule has 7 heteroatoms. The van der Waals surface area contributed by atoms with E-state index in [9.17, 15) is 19.7 Å². The van der Waals surface area contributed by atoms with Crippen LogP contribution in [0.3, 0.4) is 0 Å². The average Bonchev–Trinajstić information content (AvgIpc) is 2.35. The van der Waals surface area contributed by atoms with Crippen LogP contribution in [0.1, 0.15) is 10.4 Å². The second-order valence-corrected chi connectivity index (χ2v) is 3.67. The molecule has 0 bridgehead atoms. The maximum atomic E-state index is 11.3. The first-order chi connectivity index (χ1) is 8.45. The highest BCUT2D eigenvalue weighted by Crippen LogP contribution is 2.22. The number of likely N-dealkylation sites (N-methyl/N-ethyl adjacent to an activating group) is 1. The summed E-state index contributed by atoms with van der Waals surface area (Å²) in [5.74, 6) is -0.129. The van der Waals surface area contributed by atoms with Crippen LogP contribution in [0, 0.1) is 10.1 Å². The number of carbonyl (C=O) groups excluding carboxylic acids is 2. The summed E-state index contributed by atoms with van der Waals surface area (Å²) in [6.07, 6.45) is 0.447. The number of ether oxygens (including phenoxy) is 1. The molecule has 0 N–H and O–H groups in total. The zero-order valence-electron chi connectivity index (χ0n) is 9.95. The molecule has 0 heterocycles. The molecule has 0 aromatic heterocycles. The van der Waals surface area contributed by atoms with Crippen LogP contribution in [0.2, 0.25) is 0 Å². The minimum atomic E-state index is -0.609. The Hall–Kier alpha value is -2.44. The fourth-order valence-corrected chi connectivity index (χ4v) is 1.14. The average molecular weight is 252 g/mol. The van der Waals surface area contributed by atoms with Crippen molar-refractivity contribution >= 4 is 17.9 Å². The summed E-state index contributed by atoms with van der Waals surface area (Å²) in [5.41, 5.74) is -0.167. The van der Waals surface area contributed by atoms with Crippen LogP contribution in [0.4, 0.5) is 5.69 Å². The van der Waals surface area contributed by atoms with Gasteiger partial charge in [-0.3, -0.25) is 19.7 Å². The number of non-ortho nitro benzene ring substituents is 1. The Kier molecular flexibility index (Phi) is 4.36. The minimum Gasteiger partial charge on any atom is -0.483 e. The highest BCUT2D eigenvalue weighted by molar-refractivity contribution is 5.81. The van der Waals surface area contributed by atoms with Crippen molar-refractivity contribution in [2.24, 2.45) is 0 Å². The van der Waals surface area contributed by atoms with E-state index >= 15 is 0 Å². The molecule has 0 fully saturated rings. The molecule has 0 radical (unpaired) electrons. The molecule has 18 heavy (non-hydrogen) atoms. The van der Waals surface area contributed by atoms with E-state index in [1.807, 2.05) is 0 Å². The van der Waals surface area contributed by atoms with Crippen LogP contribution in [0.25, 0.3) is 0 Å². The summed E-state index contributed by atoms with van der Waals surface area (Å²) in [4.78, 5) is 33.3. The van der Waals surface area contributed by atoms with Crippen molar-refractivity contribution in [1.82, 2.24) is 4.90 Å². The smallest absolute Gasteiger partial charge is 0.270 e. The van der Waals surface area contributed by atoms with E-state index in [4.69, 9.17) is 4.74 Å². The molecule has 1 aromatic carbocycles. The van der Waals surface area contributed by atoms with Crippen LogP contribution in [0.15, 0.2) is 18.2 Å². The lowest BCUT2D eigenvalue weighted by Gasteiger charge is -2.12. The van der Waals surface area contributed by atoms with Gasteiger partial charge >= 0.3 is 0 Å². The van der Waals surface area contributed by atoms with Crippen molar-refractivity contribution in [2.45, 2.75) is 0 Å². The van der Waals surface area contributed by atoms with E-state index in [0.717, 1.165) is 6.07 Å². The second-order valence-electron chi connectivity index (χ2n) is 3.67. The molecule has 0 atom stereocenters. The second kappa shape index (κ2) is 5.76. The zero-order chi connectivity index (χ0) is 13.7. The van der Waals surface area contributed by atoms with Crippen molar-refractivity contribution in [3.05, 3.63) is 33.9 Å². The molecular formula is C11H12N2O5. The van der Waals surface area contributed by atoms with Gasteiger partial charge in [0.05, 0.1) is 10.5 Å². The Morgan fingerprint density at radius 2 is 2.17 bits per heavy atom. The Bertz CT molecular complexity index is 484. The van der Waals surface area contributed by atoms with Crippen LogP contribution >= 0.6 is 0 Å². The van der Waals surface area contributed by atoms with Crippen LogP contribution in [-0.4, -0.2) is 42.7 Å². The number of rotatable bonds is 5. The van der Waals surface area contributed by atoms with Gasteiger partial charge in [-0.2, -0.15) is 0 Å². The van der Waals surface area contributed by atoms with Gasteiger partial charge in [0.25, 0.3) is 11.6 Å². The Morgan fingerprint density at radius 1 is 1.50 bits per heavy atom. The van der Waals surface area contributed by atoms with Crippen molar-refractivity contribution in [2.75, 3.05) is 20.7 Å². The lowest BCUT2D eigenvalue weighted by atomic mass is 10.2. The summed E-state index contributed by atoms with van der Waals surface area (Å²) in [6.45, 7) is -0.231. The van der Waals surface area contributed by atoms with Crippen LogP contribution < -0.4 is 4.74 Å². The fraction of sp³-hybridized carbons (Fsp3) is 0.273. The Morgan fingerprint density at radius 3 is 2.67 bits per heavy atom. The van der Waals surface area contributed by atoms with E-state index in [1.54, 1.807) is 14.1 Å². The van der Waals surface area contributed by atoms with E-state index in [2.05, 4.69) is 0 Å². The Labute approximate surface area is 103 Å². The molecule has 0 aliphatic carbocycles. The molecular weight excluding hydrogens is 240 g/mol. The van der Waals surface area contributed by atoms with Crippen molar-refractivity contribution in [3.63, 3.8) is 0 Å². The van der Waals surface area contributed by atoms with Crippen LogP contribution in [-0.2, 0) is 4.79 Å². The lowest BCUT2D eigenvalue weighted by Crippen LogP contribution is -2.27. The lowest BCUT2D eigenvalue weighted by molar-refractivity contribution is -0.384. The van der Waals surface area contributed by atoms with E-state index < -0.39 is 4.92 Å². The fourth-order valence-electron chi connectivity index (χ4n) is 1.14. The summed E-state index contributed by atoms with van der Waals surface area (Å²) >= 11 is 0. The molecule has 7 nitrogen and oxygen atoms in total. The third-order valence-corrected chi connectivity index (χ3v) is 2.18. The first-order valence-electron chi connectivity index (χ1n) is 5.02. The molecule has 0 spiro atoms. The van der Waals surface area contributed by atoms with Gasteiger partial charge in [-0.25, -0.2) is 0 Å². The maximum absolute atomic E-state index is 11.3. The largest absolute Gasteiger partial charge is 0.483 e. The van der Waals surface area contributed by atoms with Crippen LogP contribution in [0.5, 0.6) is 5.75 Å². The number of nitro groups is 1. The predicted octanol–water partition coefficient (Wildman–Crippen LogP) is 0.874. The number of carbonyl (C=O) groups is 2. The van der Waals surface area contributed by atoms with Gasteiger partial charge < -0.3 is 9.64 Å². The number of hydrogen-bond acceptors (Lipinski definition) is 5. The van der Waals surface area contributed by atoms with E-state index in [1.165, 1.54) is 17.0 Å².